The lowest BCUT2D eigenvalue weighted by Gasteiger charge is -2.19. The van der Waals surface area contributed by atoms with Crippen LogP contribution in [0.4, 0.5) is 0 Å². The van der Waals surface area contributed by atoms with Crippen molar-refractivity contribution in [2.75, 3.05) is 5.75 Å². The second-order valence-corrected chi connectivity index (χ2v) is 8.38. The van der Waals surface area contributed by atoms with Crippen LogP contribution < -0.4 is 0 Å². The highest BCUT2D eigenvalue weighted by molar-refractivity contribution is 7.99. The number of aliphatic hydroxyl groups excluding tert-OH is 1. The van der Waals surface area contributed by atoms with Crippen molar-refractivity contribution in [1.82, 2.24) is 0 Å². The lowest BCUT2D eigenvalue weighted by molar-refractivity contribution is 0.200. The fourth-order valence-corrected chi connectivity index (χ4v) is 4.05. The van der Waals surface area contributed by atoms with E-state index in [1.165, 1.54) is 36.8 Å². The summed E-state index contributed by atoms with van der Waals surface area (Å²) in [5.41, 5.74) is 2.81. The SMILES string of the molecule is CC(C)(C)c1ccc(CC(O)CSC2CCCC2)cc1. The summed E-state index contributed by atoms with van der Waals surface area (Å²) in [7, 11) is 0. The summed E-state index contributed by atoms with van der Waals surface area (Å²) in [4.78, 5) is 0. The molecule has 1 fully saturated rings. The van der Waals surface area contributed by atoms with Gasteiger partial charge < -0.3 is 5.11 Å². The number of hydrogen-bond donors (Lipinski definition) is 1. The molecule has 0 heterocycles. The minimum atomic E-state index is -0.207. The van der Waals surface area contributed by atoms with Crippen LogP contribution in [0.25, 0.3) is 0 Å². The van der Waals surface area contributed by atoms with Gasteiger partial charge in [-0.3, -0.25) is 0 Å². The molecule has 2 rings (SSSR count). The zero-order chi connectivity index (χ0) is 14.6. The number of rotatable bonds is 5. The van der Waals surface area contributed by atoms with Crippen molar-refractivity contribution in [2.24, 2.45) is 0 Å². The quantitative estimate of drug-likeness (QED) is 0.858. The molecule has 0 aliphatic heterocycles. The Hall–Kier alpha value is -0.470. The third kappa shape index (κ3) is 4.82. The molecular formula is C18H28OS. The Morgan fingerprint density at radius 3 is 2.30 bits per heavy atom. The zero-order valence-electron chi connectivity index (χ0n) is 13.1. The van der Waals surface area contributed by atoms with Gasteiger partial charge in [0, 0.05) is 11.0 Å². The van der Waals surface area contributed by atoms with E-state index in [9.17, 15) is 5.11 Å². The van der Waals surface area contributed by atoms with E-state index in [0.29, 0.717) is 0 Å². The maximum absolute atomic E-state index is 10.2. The molecule has 1 N–H and O–H groups in total. The lowest BCUT2D eigenvalue weighted by Crippen LogP contribution is -2.16. The van der Waals surface area contributed by atoms with E-state index in [2.05, 4.69) is 45.0 Å². The average Bonchev–Trinajstić information content (AvgIpc) is 2.89. The van der Waals surface area contributed by atoms with E-state index in [1.807, 2.05) is 11.8 Å². The summed E-state index contributed by atoms with van der Waals surface area (Å²) in [5.74, 6) is 0.881. The highest BCUT2D eigenvalue weighted by atomic mass is 32.2. The standard InChI is InChI=1S/C18H28OS/c1-18(2,3)15-10-8-14(9-11-15)12-16(19)13-20-17-6-4-5-7-17/h8-11,16-17,19H,4-7,12-13H2,1-3H3. The first kappa shape index (κ1) is 15.9. The molecule has 0 aromatic heterocycles. The van der Waals surface area contributed by atoms with Crippen LogP contribution in [0, 0.1) is 0 Å². The van der Waals surface area contributed by atoms with Gasteiger partial charge in [0.1, 0.15) is 0 Å². The minimum absolute atomic E-state index is 0.204. The number of aliphatic hydroxyl groups is 1. The van der Waals surface area contributed by atoms with Gasteiger partial charge in [-0.2, -0.15) is 11.8 Å². The van der Waals surface area contributed by atoms with Crippen LogP contribution in [0.2, 0.25) is 0 Å². The minimum Gasteiger partial charge on any atom is -0.392 e. The third-order valence-corrected chi connectivity index (χ3v) is 5.64. The second kappa shape index (κ2) is 7.00. The number of hydrogen-bond acceptors (Lipinski definition) is 2. The molecule has 1 aliphatic rings. The smallest absolute Gasteiger partial charge is 0.0670 e. The fraction of sp³-hybridized carbons (Fsp3) is 0.667. The molecule has 1 aromatic rings. The van der Waals surface area contributed by atoms with Gasteiger partial charge in [-0.1, -0.05) is 57.9 Å². The molecule has 0 radical (unpaired) electrons. The maximum atomic E-state index is 10.2. The van der Waals surface area contributed by atoms with Crippen molar-refractivity contribution in [3.05, 3.63) is 35.4 Å². The van der Waals surface area contributed by atoms with Crippen molar-refractivity contribution >= 4 is 11.8 Å². The first-order chi connectivity index (χ1) is 9.45. The van der Waals surface area contributed by atoms with Gasteiger partial charge >= 0.3 is 0 Å². The van der Waals surface area contributed by atoms with Gasteiger partial charge in [0.15, 0.2) is 0 Å². The summed E-state index contributed by atoms with van der Waals surface area (Å²) in [5, 5.41) is 11.0. The Bertz CT molecular complexity index is 398. The van der Waals surface area contributed by atoms with Gasteiger partial charge in [0.05, 0.1) is 6.10 Å². The van der Waals surface area contributed by atoms with Gasteiger partial charge in [-0.25, -0.2) is 0 Å². The highest BCUT2D eigenvalue weighted by Crippen LogP contribution is 2.30. The van der Waals surface area contributed by atoms with Crippen molar-refractivity contribution in [2.45, 2.75) is 69.6 Å². The van der Waals surface area contributed by atoms with E-state index >= 15 is 0 Å². The topological polar surface area (TPSA) is 20.2 Å². The monoisotopic (exact) mass is 292 g/mol. The van der Waals surface area contributed by atoms with Crippen LogP contribution in [-0.4, -0.2) is 22.2 Å². The molecule has 1 aromatic carbocycles. The molecule has 112 valence electrons. The van der Waals surface area contributed by atoms with E-state index in [1.54, 1.807) is 0 Å². The normalized spacial score (nSPS) is 18.4. The summed E-state index contributed by atoms with van der Waals surface area (Å²) in [6.07, 6.45) is 6.02. The van der Waals surface area contributed by atoms with Crippen molar-refractivity contribution in [3.63, 3.8) is 0 Å². The summed E-state index contributed by atoms with van der Waals surface area (Å²) < 4.78 is 0. The Morgan fingerprint density at radius 1 is 1.15 bits per heavy atom. The molecule has 2 heteroatoms. The van der Waals surface area contributed by atoms with Gasteiger partial charge in [0.25, 0.3) is 0 Å². The second-order valence-electron chi connectivity index (χ2n) is 7.04. The van der Waals surface area contributed by atoms with Crippen molar-refractivity contribution < 1.29 is 5.11 Å². The van der Waals surface area contributed by atoms with Crippen LogP contribution in [0.1, 0.15) is 57.6 Å². The number of thioether (sulfide) groups is 1. The molecule has 0 spiro atoms. The summed E-state index contributed by atoms with van der Waals surface area (Å²) >= 11 is 1.97. The van der Waals surface area contributed by atoms with Gasteiger partial charge in [0.2, 0.25) is 0 Å². The third-order valence-electron chi connectivity index (χ3n) is 4.12. The molecule has 1 saturated carbocycles. The molecule has 1 nitrogen and oxygen atoms in total. The summed E-state index contributed by atoms with van der Waals surface area (Å²) in [6.45, 7) is 6.69. The van der Waals surface area contributed by atoms with E-state index < -0.39 is 0 Å². The molecular weight excluding hydrogens is 264 g/mol. The largest absolute Gasteiger partial charge is 0.392 e. The molecule has 0 amide bonds. The molecule has 1 atom stereocenters. The number of benzene rings is 1. The van der Waals surface area contributed by atoms with Gasteiger partial charge in [-0.15, -0.1) is 0 Å². The first-order valence-corrected chi connectivity index (χ1v) is 8.89. The van der Waals surface area contributed by atoms with E-state index in [-0.39, 0.29) is 11.5 Å². The lowest BCUT2D eigenvalue weighted by atomic mass is 9.86. The van der Waals surface area contributed by atoms with Gasteiger partial charge in [-0.05, 0) is 35.8 Å². The highest BCUT2D eigenvalue weighted by Gasteiger charge is 2.17. The van der Waals surface area contributed by atoms with Crippen molar-refractivity contribution in [1.29, 1.82) is 0 Å². The molecule has 0 bridgehead atoms. The van der Waals surface area contributed by atoms with Crippen molar-refractivity contribution in [3.8, 4) is 0 Å². The zero-order valence-corrected chi connectivity index (χ0v) is 13.9. The molecule has 0 saturated heterocycles. The predicted molar refractivity (Wildman–Crippen MR) is 89.6 cm³/mol. The Kier molecular flexibility index (Phi) is 5.57. The van der Waals surface area contributed by atoms with Crippen LogP contribution in [0.5, 0.6) is 0 Å². The Morgan fingerprint density at radius 2 is 1.75 bits per heavy atom. The van der Waals surface area contributed by atoms with Crippen LogP contribution >= 0.6 is 11.8 Å². The van der Waals surface area contributed by atoms with Crippen LogP contribution in [-0.2, 0) is 11.8 Å². The van der Waals surface area contributed by atoms with E-state index in [4.69, 9.17) is 0 Å². The molecule has 1 aliphatic carbocycles. The maximum Gasteiger partial charge on any atom is 0.0670 e. The van der Waals surface area contributed by atoms with Crippen LogP contribution in [0.3, 0.4) is 0 Å². The molecule has 20 heavy (non-hydrogen) atoms. The first-order valence-electron chi connectivity index (χ1n) is 7.84. The van der Waals surface area contributed by atoms with Crippen LogP contribution in [0.15, 0.2) is 24.3 Å². The Balaban J connectivity index is 1.80. The summed E-state index contributed by atoms with van der Waals surface area (Å²) in [6, 6.07) is 8.74. The fourth-order valence-electron chi connectivity index (χ4n) is 2.77. The van der Waals surface area contributed by atoms with E-state index in [0.717, 1.165) is 17.4 Å². The average molecular weight is 292 g/mol. The Labute approximate surface area is 128 Å². The predicted octanol–water partition coefficient (Wildman–Crippen LogP) is 4.56. The molecule has 1 unspecified atom stereocenters.